The molecule has 0 atom stereocenters. The summed E-state index contributed by atoms with van der Waals surface area (Å²) in [5, 5.41) is 9.64. The first-order valence-electron chi connectivity index (χ1n) is 8.95. The number of nitrogens with one attached hydrogen (secondary N) is 2. The molecule has 3 amide bonds. The molecule has 0 saturated heterocycles. The van der Waals surface area contributed by atoms with Crippen molar-refractivity contribution >= 4 is 34.2 Å². The summed E-state index contributed by atoms with van der Waals surface area (Å²) in [6.45, 7) is 5.99. The summed E-state index contributed by atoms with van der Waals surface area (Å²) >= 11 is 1.38. The van der Waals surface area contributed by atoms with E-state index < -0.39 is 11.9 Å². The van der Waals surface area contributed by atoms with Gasteiger partial charge in [0.1, 0.15) is 11.5 Å². The first-order chi connectivity index (χ1) is 13.7. The highest BCUT2D eigenvalue weighted by Crippen LogP contribution is 2.25. The third-order valence-corrected chi connectivity index (χ3v) is 4.97. The summed E-state index contributed by atoms with van der Waals surface area (Å²) in [5.74, 6) is 0.468. The number of amides is 3. The van der Waals surface area contributed by atoms with Crippen LogP contribution in [-0.4, -0.2) is 27.1 Å². The van der Waals surface area contributed by atoms with E-state index in [2.05, 4.69) is 25.8 Å². The number of thiazole rings is 1. The molecule has 0 spiro atoms. The standard InChI is InChI=1S/C19H22N6O3S/c1-19(2,3)14-9-15(25-28-14)23-17(27)24-18-22-10-12(29-18)5-4-11-6-7-21-13(8-11)16(20)26/h6-10H,4-5H2,1-3H3,(H2,20,26)(H2,22,23,24,25,27). The van der Waals surface area contributed by atoms with Gasteiger partial charge in [0, 0.05) is 28.8 Å². The van der Waals surface area contributed by atoms with Gasteiger partial charge in [0.25, 0.3) is 5.91 Å². The number of hydrogen-bond acceptors (Lipinski definition) is 7. The van der Waals surface area contributed by atoms with Crippen LogP contribution in [0.25, 0.3) is 0 Å². The molecule has 0 unspecified atom stereocenters. The Labute approximate surface area is 171 Å². The molecule has 9 nitrogen and oxygen atoms in total. The van der Waals surface area contributed by atoms with Gasteiger partial charge in [-0.1, -0.05) is 25.9 Å². The number of rotatable bonds is 6. The van der Waals surface area contributed by atoms with Crippen molar-refractivity contribution in [1.82, 2.24) is 15.1 Å². The molecule has 4 N–H and O–H groups in total. The van der Waals surface area contributed by atoms with E-state index >= 15 is 0 Å². The molecule has 0 aliphatic heterocycles. The van der Waals surface area contributed by atoms with Gasteiger partial charge in [-0.3, -0.25) is 20.4 Å². The molecule has 10 heteroatoms. The summed E-state index contributed by atoms with van der Waals surface area (Å²) in [6.07, 6.45) is 4.69. The monoisotopic (exact) mass is 414 g/mol. The van der Waals surface area contributed by atoms with Crippen LogP contribution in [0.4, 0.5) is 15.7 Å². The van der Waals surface area contributed by atoms with Gasteiger partial charge < -0.3 is 10.3 Å². The average molecular weight is 414 g/mol. The van der Waals surface area contributed by atoms with Crippen LogP contribution in [0.15, 0.2) is 35.1 Å². The molecule has 3 rings (SSSR count). The molecule has 0 bridgehead atoms. The number of carbonyl (C=O) groups is 2. The van der Waals surface area contributed by atoms with Crippen molar-refractivity contribution in [3.05, 3.63) is 52.5 Å². The van der Waals surface area contributed by atoms with Gasteiger partial charge >= 0.3 is 6.03 Å². The molecule has 0 aliphatic carbocycles. The number of anilines is 2. The number of aryl methyl sites for hydroxylation is 2. The summed E-state index contributed by atoms with van der Waals surface area (Å²) in [5.41, 5.74) is 6.26. The summed E-state index contributed by atoms with van der Waals surface area (Å²) in [6, 6.07) is 4.77. The Bertz CT molecular complexity index is 1020. The van der Waals surface area contributed by atoms with Crippen molar-refractivity contribution in [3.63, 3.8) is 0 Å². The highest BCUT2D eigenvalue weighted by molar-refractivity contribution is 7.15. The Morgan fingerprint density at radius 1 is 1.17 bits per heavy atom. The predicted octanol–water partition coefficient (Wildman–Crippen LogP) is 3.35. The van der Waals surface area contributed by atoms with Crippen molar-refractivity contribution in [2.45, 2.75) is 39.0 Å². The number of aromatic nitrogens is 3. The SMILES string of the molecule is CC(C)(C)c1cc(NC(=O)Nc2ncc(CCc3ccnc(C(N)=O)c3)s2)no1. The van der Waals surface area contributed by atoms with Gasteiger partial charge in [-0.05, 0) is 30.5 Å². The molecule has 152 valence electrons. The quantitative estimate of drug-likeness (QED) is 0.566. The van der Waals surface area contributed by atoms with Crippen LogP contribution < -0.4 is 16.4 Å². The van der Waals surface area contributed by atoms with Gasteiger partial charge in [0.05, 0.1) is 0 Å². The molecule has 3 aromatic heterocycles. The van der Waals surface area contributed by atoms with Crippen LogP contribution in [0.5, 0.6) is 0 Å². The summed E-state index contributed by atoms with van der Waals surface area (Å²) < 4.78 is 5.24. The van der Waals surface area contributed by atoms with Crippen LogP contribution in [0.3, 0.4) is 0 Å². The third-order valence-electron chi connectivity index (χ3n) is 4.00. The minimum Gasteiger partial charge on any atom is -0.364 e. The highest BCUT2D eigenvalue weighted by Gasteiger charge is 2.20. The lowest BCUT2D eigenvalue weighted by Crippen LogP contribution is -2.19. The largest absolute Gasteiger partial charge is 0.364 e. The number of urea groups is 1. The molecular formula is C19H22N6O3S. The van der Waals surface area contributed by atoms with Gasteiger partial charge in [-0.2, -0.15) is 0 Å². The second-order valence-electron chi connectivity index (χ2n) is 7.45. The Morgan fingerprint density at radius 2 is 1.97 bits per heavy atom. The second kappa shape index (κ2) is 8.39. The maximum Gasteiger partial charge on any atom is 0.326 e. The molecular weight excluding hydrogens is 392 g/mol. The second-order valence-corrected chi connectivity index (χ2v) is 8.57. The van der Waals surface area contributed by atoms with Gasteiger partial charge in [-0.15, -0.1) is 11.3 Å². The zero-order valence-corrected chi connectivity index (χ0v) is 17.2. The van der Waals surface area contributed by atoms with E-state index in [4.69, 9.17) is 10.3 Å². The zero-order valence-electron chi connectivity index (χ0n) is 16.4. The number of carbonyl (C=O) groups excluding carboxylic acids is 2. The first-order valence-corrected chi connectivity index (χ1v) is 9.77. The van der Waals surface area contributed by atoms with Crippen molar-refractivity contribution < 1.29 is 14.1 Å². The third kappa shape index (κ3) is 5.61. The maximum absolute atomic E-state index is 12.1. The maximum atomic E-state index is 12.1. The molecule has 0 aromatic carbocycles. The number of primary amides is 1. The molecule has 3 aromatic rings. The van der Waals surface area contributed by atoms with Crippen LogP contribution in [0, 0.1) is 0 Å². The highest BCUT2D eigenvalue weighted by atomic mass is 32.1. The van der Waals surface area contributed by atoms with Crippen molar-refractivity contribution in [2.24, 2.45) is 5.73 Å². The molecule has 0 aliphatic rings. The van der Waals surface area contributed by atoms with Crippen molar-refractivity contribution in [3.8, 4) is 0 Å². The fraction of sp³-hybridized carbons (Fsp3) is 0.316. The lowest BCUT2D eigenvalue weighted by atomic mass is 9.93. The van der Waals surface area contributed by atoms with E-state index in [1.807, 2.05) is 26.8 Å². The van der Waals surface area contributed by atoms with E-state index in [1.54, 1.807) is 24.5 Å². The number of nitrogens with zero attached hydrogens (tertiary/aromatic N) is 3. The van der Waals surface area contributed by atoms with E-state index in [0.717, 1.165) is 10.4 Å². The molecule has 0 fully saturated rings. The number of nitrogens with two attached hydrogens (primary N) is 1. The Morgan fingerprint density at radius 3 is 2.66 bits per heavy atom. The van der Waals surface area contributed by atoms with Crippen molar-refractivity contribution in [1.29, 1.82) is 0 Å². The Kier molecular flexibility index (Phi) is 5.92. The van der Waals surface area contributed by atoms with E-state index in [-0.39, 0.29) is 11.1 Å². The molecule has 0 radical (unpaired) electrons. The van der Waals surface area contributed by atoms with Gasteiger partial charge in [-0.25, -0.2) is 9.78 Å². The topological polar surface area (TPSA) is 136 Å². The fourth-order valence-corrected chi connectivity index (χ4v) is 3.25. The van der Waals surface area contributed by atoms with Crippen LogP contribution in [0.1, 0.15) is 47.5 Å². The van der Waals surface area contributed by atoms with E-state index in [0.29, 0.717) is 29.6 Å². The normalized spacial score (nSPS) is 11.3. The van der Waals surface area contributed by atoms with E-state index in [9.17, 15) is 9.59 Å². The summed E-state index contributed by atoms with van der Waals surface area (Å²) in [7, 11) is 0. The van der Waals surface area contributed by atoms with Crippen LogP contribution >= 0.6 is 11.3 Å². The first kappa shape index (κ1) is 20.5. The molecule has 29 heavy (non-hydrogen) atoms. The molecule has 3 heterocycles. The number of pyridine rings is 1. The lowest BCUT2D eigenvalue weighted by molar-refractivity contribution is 0.0995. The summed E-state index contributed by atoms with van der Waals surface area (Å²) in [4.78, 5) is 32.5. The van der Waals surface area contributed by atoms with Crippen molar-refractivity contribution in [2.75, 3.05) is 10.6 Å². The van der Waals surface area contributed by atoms with E-state index in [1.165, 1.54) is 11.3 Å². The molecule has 0 saturated carbocycles. The zero-order chi connectivity index (χ0) is 21.0. The van der Waals surface area contributed by atoms with Gasteiger partial charge in [0.2, 0.25) is 0 Å². The lowest BCUT2D eigenvalue weighted by Gasteiger charge is -2.12. The Hall–Kier alpha value is -3.27. The minimum absolute atomic E-state index is 0.194. The van der Waals surface area contributed by atoms with Gasteiger partial charge in [0.15, 0.2) is 10.9 Å². The van der Waals surface area contributed by atoms with Crippen LogP contribution in [0.2, 0.25) is 0 Å². The van der Waals surface area contributed by atoms with Crippen LogP contribution in [-0.2, 0) is 18.3 Å². The fourth-order valence-electron chi connectivity index (χ4n) is 2.45. The minimum atomic E-state index is -0.552. The average Bonchev–Trinajstić information content (AvgIpc) is 3.29. The predicted molar refractivity (Wildman–Crippen MR) is 110 cm³/mol. The number of hydrogen-bond donors (Lipinski definition) is 3. The smallest absolute Gasteiger partial charge is 0.326 e. The Balaban J connectivity index is 1.53.